The molecule has 5 rings (SSSR count). The van der Waals surface area contributed by atoms with E-state index in [1.807, 2.05) is 0 Å². The molecule has 3 aromatic heterocycles. The molecule has 2 N–H and O–H groups in total. The molecular formula is C18H13N5O3S. The number of nitrogens with one attached hydrogen (secondary N) is 2. The maximum atomic E-state index is 11.7. The predicted octanol–water partition coefficient (Wildman–Crippen LogP) is 3.18. The third-order valence-electron chi connectivity index (χ3n) is 4.23. The minimum absolute atomic E-state index is 0.299. The molecule has 4 heterocycles. The fourth-order valence-electron chi connectivity index (χ4n) is 2.76. The highest BCUT2D eigenvalue weighted by Crippen LogP contribution is 2.32. The van der Waals surface area contributed by atoms with Gasteiger partial charge in [-0.05, 0) is 30.7 Å². The zero-order valence-corrected chi connectivity index (χ0v) is 14.7. The SMILES string of the molecule is O=C1NC(=O)C(=Cc2cc3cncc(-c4cnc(NC5CC5)nc4)c3o2)S1. The molecule has 0 bridgehead atoms. The van der Waals surface area contributed by atoms with Crippen LogP contribution >= 0.6 is 11.8 Å². The number of hydrogen-bond acceptors (Lipinski definition) is 8. The van der Waals surface area contributed by atoms with Gasteiger partial charge in [0.1, 0.15) is 11.3 Å². The number of carbonyl (C=O) groups is 2. The first-order chi connectivity index (χ1) is 13.2. The maximum absolute atomic E-state index is 11.7. The van der Waals surface area contributed by atoms with Crippen molar-refractivity contribution in [1.82, 2.24) is 20.3 Å². The Balaban J connectivity index is 1.50. The van der Waals surface area contributed by atoms with E-state index in [0.717, 1.165) is 41.1 Å². The average Bonchev–Trinajstić information content (AvgIpc) is 3.28. The lowest BCUT2D eigenvalue weighted by molar-refractivity contribution is -0.115. The van der Waals surface area contributed by atoms with Crippen LogP contribution in [0.4, 0.5) is 10.7 Å². The van der Waals surface area contributed by atoms with Gasteiger partial charge in [-0.25, -0.2) is 9.97 Å². The summed E-state index contributed by atoms with van der Waals surface area (Å²) < 4.78 is 5.91. The zero-order valence-electron chi connectivity index (χ0n) is 13.9. The number of carbonyl (C=O) groups excluding carboxylic acids is 2. The van der Waals surface area contributed by atoms with Crippen molar-refractivity contribution in [2.45, 2.75) is 18.9 Å². The summed E-state index contributed by atoms with van der Waals surface area (Å²) in [6.45, 7) is 0. The third kappa shape index (κ3) is 3.17. The molecule has 27 heavy (non-hydrogen) atoms. The van der Waals surface area contributed by atoms with Crippen molar-refractivity contribution in [2.24, 2.45) is 0 Å². The Morgan fingerprint density at radius 1 is 1.19 bits per heavy atom. The number of nitrogens with zero attached hydrogens (tertiary/aromatic N) is 3. The Kier molecular flexibility index (Phi) is 3.68. The number of fused-ring (bicyclic) bond motifs is 1. The standard InChI is InChI=1S/C18H13N5O3S/c24-16-14(27-18(25)23-16)4-12-3-9-5-19-8-13(15(9)26-12)10-6-20-17(21-7-10)22-11-1-2-11/h3-8,11H,1-2H2,(H,20,21,22)(H,23,24,25). The van der Waals surface area contributed by atoms with Crippen molar-refractivity contribution in [1.29, 1.82) is 0 Å². The topological polar surface area (TPSA) is 110 Å². The van der Waals surface area contributed by atoms with Crippen LogP contribution in [0.5, 0.6) is 0 Å². The van der Waals surface area contributed by atoms with Gasteiger partial charge in [-0.1, -0.05) is 0 Å². The van der Waals surface area contributed by atoms with Gasteiger partial charge in [0.2, 0.25) is 5.95 Å². The van der Waals surface area contributed by atoms with Crippen LogP contribution < -0.4 is 10.6 Å². The second kappa shape index (κ2) is 6.20. The molecule has 2 fully saturated rings. The van der Waals surface area contributed by atoms with Gasteiger partial charge >= 0.3 is 0 Å². The first-order valence-electron chi connectivity index (χ1n) is 8.37. The normalized spacial score (nSPS) is 18.3. The van der Waals surface area contributed by atoms with Gasteiger partial charge in [0.05, 0.1) is 4.91 Å². The Bertz CT molecular complexity index is 1100. The van der Waals surface area contributed by atoms with Crippen LogP contribution in [0.1, 0.15) is 18.6 Å². The molecule has 0 spiro atoms. The summed E-state index contributed by atoms with van der Waals surface area (Å²) in [7, 11) is 0. The van der Waals surface area contributed by atoms with Gasteiger partial charge in [0, 0.05) is 53.4 Å². The number of rotatable bonds is 4. The molecule has 0 radical (unpaired) electrons. The first-order valence-corrected chi connectivity index (χ1v) is 9.19. The van der Waals surface area contributed by atoms with E-state index < -0.39 is 5.91 Å². The second-order valence-corrected chi connectivity index (χ2v) is 7.34. The largest absolute Gasteiger partial charge is 0.456 e. The van der Waals surface area contributed by atoms with Gasteiger partial charge in [0.15, 0.2) is 0 Å². The van der Waals surface area contributed by atoms with E-state index in [0.29, 0.717) is 28.2 Å². The highest BCUT2D eigenvalue weighted by atomic mass is 32.2. The number of furan rings is 1. The van der Waals surface area contributed by atoms with Crippen molar-refractivity contribution in [3.8, 4) is 11.1 Å². The lowest BCUT2D eigenvalue weighted by Crippen LogP contribution is -2.17. The summed E-state index contributed by atoms with van der Waals surface area (Å²) in [6.07, 6.45) is 10.7. The van der Waals surface area contributed by atoms with Crippen LogP contribution in [0, 0.1) is 0 Å². The minimum Gasteiger partial charge on any atom is -0.456 e. The molecule has 1 aliphatic carbocycles. The van der Waals surface area contributed by atoms with Crippen molar-refractivity contribution in [3.05, 3.63) is 41.5 Å². The van der Waals surface area contributed by atoms with E-state index in [-0.39, 0.29) is 5.24 Å². The number of anilines is 1. The summed E-state index contributed by atoms with van der Waals surface area (Å²) in [5.41, 5.74) is 2.17. The van der Waals surface area contributed by atoms with E-state index in [1.54, 1.807) is 36.9 Å². The summed E-state index contributed by atoms with van der Waals surface area (Å²) >= 11 is 0.849. The lowest BCUT2D eigenvalue weighted by Gasteiger charge is -2.04. The molecule has 134 valence electrons. The smallest absolute Gasteiger partial charge is 0.290 e. The van der Waals surface area contributed by atoms with E-state index >= 15 is 0 Å². The monoisotopic (exact) mass is 379 g/mol. The van der Waals surface area contributed by atoms with Crippen LogP contribution in [-0.4, -0.2) is 32.1 Å². The van der Waals surface area contributed by atoms with E-state index in [9.17, 15) is 9.59 Å². The lowest BCUT2D eigenvalue weighted by atomic mass is 10.1. The van der Waals surface area contributed by atoms with Gasteiger partial charge in [-0.2, -0.15) is 0 Å². The molecule has 2 amide bonds. The zero-order chi connectivity index (χ0) is 18.4. The summed E-state index contributed by atoms with van der Waals surface area (Å²) in [4.78, 5) is 36.3. The molecule has 1 saturated carbocycles. The van der Waals surface area contributed by atoms with Crippen LogP contribution in [0.15, 0.2) is 40.2 Å². The Hall–Kier alpha value is -3.20. The van der Waals surface area contributed by atoms with Crippen molar-refractivity contribution >= 4 is 45.9 Å². The van der Waals surface area contributed by atoms with Crippen LogP contribution in [0.2, 0.25) is 0 Å². The Morgan fingerprint density at radius 3 is 2.70 bits per heavy atom. The average molecular weight is 379 g/mol. The third-order valence-corrected chi connectivity index (χ3v) is 5.04. The van der Waals surface area contributed by atoms with Gasteiger partial charge in [-0.15, -0.1) is 0 Å². The quantitative estimate of drug-likeness (QED) is 0.665. The molecule has 0 aromatic carbocycles. The highest BCUT2D eigenvalue weighted by molar-refractivity contribution is 8.18. The number of amides is 2. The van der Waals surface area contributed by atoms with Gasteiger partial charge in [0.25, 0.3) is 11.1 Å². The van der Waals surface area contributed by atoms with Crippen molar-refractivity contribution < 1.29 is 14.0 Å². The Morgan fingerprint density at radius 2 is 2.00 bits per heavy atom. The number of imide groups is 1. The van der Waals surface area contributed by atoms with E-state index in [4.69, 9.17) is 4.42 Å². The summed E-state index contributed by atoms with van der Waals surface area (Å²) in [6, 6.07) is 2.26. The second-order valence-electron chi connectivity index (χ2n) is 6.32. The summed E-state index contributed by atoms with van der Waals surface area (Å²) in [5, 5.41) is 5.87. The maximum Gasteiger partial charge on any atom is 0.290 e. The fraction of sp³-hybridized carbons (Fsp3) is 0.167. The number of pyridine rings is 1. The van der Waals surface area contributed by atoms with Crippen LogP contribution in [0.25, 0.3) is 28.2 Å². The van der Waals surface area contributed by atoms with E-state index in [1.165, 1.54) is 0 Å². The number of thioether (sulfide) groups is 1. The molecule has 8 nitrogen and oxygen atoms in total. The minimum atomic E-state index is -0.420. The van der Waals surface area contributed by atoms with Gasteiger partial charge < -0.3 is 9.73 Å². The van der Waals surface area contributed by atoms with Crippen molar-refractivity contribution in [2.75, 3.05) is 5.32 Å². The van der Waals surface area contributed by atoms with Crippen LogP contribution in [-0.2, 0) is 4.79 Å². The van der Waals surface area contributed by atoms with Gasteiger partial charge in [-0.3, -0.25) is 19.9 Å². The van der Waals surface area contributed by atoms with Crippen LogP contribution in [0.3, 0.4) is 0 Å². The fourth-order valence-corrected chi connectivity index (χ4v) is 3.42. The summed E-state index contributed by atoms with van der Waals surface area (Å²) in [5.74, 6) is 0.663. The highest BCUT2D eigenvalue weighted by Gasteiger charge is 2.26. The predicted molar refractivity (Wildman–Crippen MR) is 101 cm³/mol. The molecule has 1 aliphatic heterocycles. The molecular weight excluding hydrogens is 366 g/mol. The molecule has 2 aliphatic rings. The molecule has 0 unspecified atom stereocenters. The van der Waals surface area contributed by atoms with E-state index in [2.05, 4.69) is 25.6 Å². The van der Waals surface area contributed by atoms with Crippen molar-refractivity contribution in [3.63, 3.8) is 0 Å². The molecule has 9 heteroatoms. The Labute approximate surface area is 157 Å². The molecule has 0 atom stereocenters. The molecule has 1 saturated heterocycles. The number of aromatic nitrogens is 3. The number of hydrogen-bond donors (Lipinski definition) is 2. The molecule has 3 aromatic rings. The first kappa shape index (κ1) is 16.0.